The molecular weight excluding hydrogens is 436 g/mol. The van der Waals surface area contributed by atoms with Crippen LogP contribution in [0.15, 0.2) is 42.5 Å². The number of anilines is 1. The topological polar surface area (TPSA) is 35.6 Å². The van der Waals surface area contributed by atoms with Gasteiger partial charge >= 0.3 is 12.4 Å². The first-order valence-corrected chi connectivity index (χ1v) is 10.1. The second-order valence-electron chi connectivity index (χ2n) is 7.61. The van der Waals surface area contributed by atoms with E-state index < -0.39 is 29.4 Å². The van der Waals surface area contributed by atoms with Crippen LogP contribution in [0.5, 0.6) is 0 Å². The van der Waals surface area contributed by atoms with Gasteiger partial charge in [-0.15, -0.1) is 0 Å². The molecule has 0 atom stereocenters. The Bertz CT molecular complexity index is 949. The van der Waals surface area contributed by atoms with Crippen LogP contribution in [0.4, 0.5) is 32.0 Å². The lowest BCUT2D eigenvalue weighted by Crippen LogP contribution is -2.45. The molecule has 2 aromatic rings. The number of alkyl halides is 6. The molecule has 174 valence electrons. The van der Waals surface area contributed by atoms with Gasteiger partial charge in [-0.25, -0.2) is 0 Å². The Balaban J connectivity index is 1.78. The SMILES string of the molecule is CCN1CCN(Cc2ccc(NC(=O)c3cccc(C(F)(F)F)c3)cc2C(F)(F)F)CC1. The van der Waals surface area contributed by atoms with Gasteiger partial charge in [-0.05, 0) is 42.4 Å². The number of rotatable bonds is 5. The summed E-state index contributed by atoms with van der Waals surface area (Å²) in [4.78, 5) is 16.5. The van der Waals surface area contributed by atoms with Crippen molar-refractivity contribution in [3.8, 4) is 0 Å². The lowest BCUT2D eigenvalue weighted by molar-refractivity contribution is -0.139. The quantitative estimate of drug-likeness (QED) is 0.631. The van der Waals surface area contributed by atoms with Crippen LogP contribution in [0, 0.1) is 0 Å². The van der Waals surface area contributed by atoms with E-state index in [0.29, 0.717) is 19.2 Å². The molecule has 1 fully saturated rings. The molecule has 0 unspecified atom stereocenters. The summed E-state index contributed by atoms with van der Waals surface area (Å²) in [6.45, 7) is 5.91. The third kappa shape index (κ3) is 6.01. The molecule has 0 saturated carbocycles. The number of piperazine rings is 1. The van der Waals surface area contributed by atoms with E-state index in [4.69, 9.17) is 0 Å². The highest BCUT2D eigenvalue weighted by Crippen LogP contribution is 2.35. The van der Waals surface area contributed by atoms with E-state index in [1.165, 1.54) is 18.2 Å². The predicted octanol–water partition coefficient (Wildman–Crippen LogP) is 5.11. The lowest BCUT2D eigenvalue weighted by atomic mass is 10.0. The Labute approximate surface area is 181 Å². The molecule has 1 heterocycles. The Hall–Kier alpha value is -2.59. The molecule has 10 heteroatoms. The van der Waals surface area contributed by atoms with Gasteiger partial charge in [0, 0.05) is 44.0 Å². The maximum Gasteiger partial charge on any atom is 0.416 e. The molecule has 0 spiro atoms. The predicted molar refractivity (Wildman–Crippen MR) is 108 cm³/mol. The van der Waals surface area contributed by atoms with Crippen molar-refractivity contribution < 1.29 is 31.1 Å². The number of benzene rings is 2. The molecule has 1 aliphatic heterocycles. The van der Waals surface area contributed by atoms with Crippen LogP contribution in [0.1, 0.15) is 34.0 Å². The van der Waals surface area contributed by atoms with Crippen molar-refractivity contribution in [3.63, 3.8) is 0 Å². The zero-order valence-electron chi connectivity index (χ0n) is 17.4. The largest absolute Gasteiger partial charge is 0.416 e. The normalized spacial score (nSPS) is 16.2. The fourth-order valence-electron chi connectivity index (χ4n) is 3.60. The summed E-state index contributed by atoms with van der Waals surface area (Å²) in [5.74, 6) is -0.923. The summed E-state index contributed by atoms with van der Waals surface area (Å²) in [6.07, 6.45) is -9.28. The van der Waals surface area contributed by atoms with E-state index in [0.717, 1.165) is 37.8 Å². The number of amides is 1. The van der Waals surface area contributed by atoms with Gasteiger partial charge in [-0.1, -0.05) is 19.1 Å². The average molecular weight is 459 g/mol. The molecule has 0 aliphatic carbocycles. The van der Waals surface area contributed by atoms with E-state index >= 15 is 0 Å². The van der Waals surface area contributed by atoms with Gasteiger partial charge in [0.15, 0.2) is 0 Å². The van der Waals surface area contributed by atoms with Crippen LogP contribution in [0.3, 0.4) is 0 Å². The standard InChI is InChI=1S/C22H23F6N3O/c1-2-30-8-10-31(11-9-30)14-16-6-7-18(13-19(16)22(26,27)28)29-20(32)15-4-3-5-17(12-15)21(23,24)25/h3-7,12-13H,2,8-11,14H2,1H3,(H,29,32). The summed E-state index contributed by atoms with van der Waals surface area (Å²) in [5.41, 5.74) is -2.25. The average Bonchev–Trinajstić information content (AvgIpc) is 2.74. The van der Waals surface area contributed by atoms with Crippen molar-refractivity contribution in [2.75, 3.05) is 38.0 Å². The monoisotopic (exact) mass is 459 g/mol. The summed E-state index contributed by atoms with van der Waals surface area (Å²) < 4.78 is 79.6. The third-order valence-electron chi connectivity index (χ3n) is 5.43. The van der Waals surface area contributed by atoms with Crippen molar-refractivity contribution in [2.45, 2.75) is 25.8 Å². The fourth-order valence-corrected chi connectivity index (χ4v) is 3.60. The first kappa shape index (κ1) is 24.1. The van der Waals surface area contributed by atoms with Gasteiger partial charge in [0.25, 0.3) is 5.91 Å². The number of carbonyl (C=O) groups excluding carboxylic acids is 1. The number of hydrogen-bond acceptors (Lipinski definition) is 3. The van der Waals surface area contributed by atoms with Crippen molar-refractivity contribution in [3.05, 3.63) is 64.7 Å². The van der Waals surface area contributed by atoms with Gasteiger partial charge in [-0.3, -0.25) is 9.69 Å². The van der Waals surface area contributed by atoms with Gasteiger partial charge in [0.2, 0.25) is 0 Å². The molecule has 1 N–H and O–H groups in total. The lowest BCUT2D eigenvalue weighted by Gasteiger charge is -2.34. The van der Waals surface area contributed by atoms with Gasteiger partial charge in [0.05, 0.1) is 11.1 Å². The molecule has 1 amide bonds. The van der Waals surface area contributed by atoms with Gasteiger partial charge in [0.1, 0.15) is 0 Å². The smallest absolute Gasteiger partial charge is 0.322 e. The summed E-state index contributed by atoms with van der Waals surface area (Å²) >= 11 is 0. The minimum Gasteiger partial charge on any atom is -0.322 e. The number of hydrogen-bond donors (Lipinski definition) is 1. The van der Waals surface area contributed by atoms with Gasteiger partial charge in [-0.2, -0.15) is 26.3 Å². The second-order valence-corrected chi connectivity index (χ2v) is 7.61. The summed E-state index contributed by atoms with van der Waals surface area (Å²) in [7, 11) is 0. The van der Waals surface area contributed by atoms with Crippen molar-refractivity contribution >= 4 is 11.6 Å². The Morgan fingerprint density at radius 1 is 0.906 bits per heavy atom. The summed E-state index contributed by atoms with van der Waals surface area (Å²) in [5, 5.41) is 2.27. The second kappa shape index (κ2) is 9.50. The maximum atomic E-state index is 13.7. The molecule has 2 aromatic carbocycles. The van der Waals surface area contributed by atoms with E-state index in [2.05, 4.69) is 10.2 Å². The minimum atomic E-state index is -4.64. The van der Waals surface area contributed by atoms with Crippen LogP contribution in [0.25, 0.3) is 0 Å². The zero-order chi connectivity index (χ0) is 23.5. The van der Waals surface area contributed by atoms with Crippen molar-refractivity contribution in [2.24, 2.45) is 0 Å². The Morgan fingerprint density at radius 3 is 2.16 bits per heavy atom. The minimum absolute atomic E-state index is 0.0829. The molecule has 3 rings (SSSR count). The molecule has 0 bridgehead atoms. The molecule has 1 saturated heterocycles. The summed E-state index contributed by atoms with van der Waals surface area (Å²) in [6, 6.07) is 7.16. The highest BCUT2D eigenvalue weighted by molar-refractivity contribution is 6.04. The first-order valence-electron chi connectivity index (χ1n) is 10.1. The highest BCUT2D eigenvalue weighted by Gasteiger charge is 2.34. The number of halogens is 6. The molecular formula is C22H23F6N3O. The Morgan fingerprint density at radius 2 is 1.56 bits per heavy atom. The van der Waals surface area contributed by atoms with Crippen molar-refractivity contribution in [1.29, 1.82) is 0 Å². The molecule has 32 heavy (non-hydrogen) atoms. The van der Waals surface area contributed by atoms with E-state index in [1.807, 2.05) is 11.8 Å². The Kier molecular flexibility index (Phi) is 7.14. The number of nitrogens with zero attached hydrogens (tertiary/aromatic N) is 2. The van der Waals surface area contributed by atoms with Crippen LogP contribution in [0.2, 0.25) is 0 Å². The van der Waals surface area contributed by atoms with E-state index in [-0.39, 0.29) is 23.4 Å². The highest BCUT2D eigenvalue weighted by atomic mass is 19.4. The van der Waals surface area contributed by atoms with E-state index in [9.17, 15) is 31.1 Å². The van der Waals surface area contributed by atoms with E-state index in [1.54, 1.807) is 0 Å². The molecule has 1 aliphatic rings. The molecule has 0 radical (unpaired) electrons. The first-order chi connectivity index (χ1) is 15.0. The van der Waals surface area contributed by atoms with Crippen LogP contribution >= 0.6 is 0 Å². The number of carbonyl (C=O) groups is 1. The van der Waals surface area contributed by atoms with Crippen LogP contribution < -0.4 is 5.32 Å². The third-order valence-corrected chi connectivity index (χ3v) is 5.43. The van der Waals surface area contributed by atoms with Crippen molar-refractivity contribution in [1.82, 2.24) is 9.80 Å². The fraction of sp³-hybridized carbons (Fsp3) is 0.409. The van der Waals surface area contributed by atoms with Crippen LogP contribution in [-0.2, 0) is 18.9 Å². The van der Waals surface area contributed by atoms with Crippen LogP contribution in [-0.4, -0.2) is 48.4 Å². The molecule has 0 aromatic heterocycles. The number of nitrogens with one attached hydrogen (secondary N) is 1. The zero-order valence-corrected chi connectivity index (χ0v) is 17.4. The number of likely N-dealkylation sites (N-methyl/N-ethyl adjacent to an activating group) is 1. The molecule has 4 nitrogen and oxygen atoms in total. The maximum absolute atomic E-state index is 13.7. The van der Waals surface area contributed by atoms with Gasteiger partial charge < -0.3 is 10.2 Å².